The van der Waals surface area contributed by atoms with E-state index < -0.39 is 18.4 Å². The van der Waals surface area contributed by atoms with Gasteiger partial charge in [0, 0.05) is 0 Å². The van der Waals surface area contributed by atoms with Crippen LogP contribution in [0.25, 0.3) is 0 Å². The Bertz CT molecular complexity index is 386. The zero-order valence-corrected chi connectivity index (χ0v) is 18.0. The van der Waals surface area contributed by atoms with Crippen LogP contribution in [-0.4, -0.2) is 30.0 Å². The molecule has 0 N–H and O–H groups in total. The van der Waals surface area contributed by atoms with Gasteiger partial charge in [-0.3, -0.25) is 0 Å². The fourth-order valence-corrected chi connectivity index (χ4v) is 18.7. The molecule has 1 aromatic rings. The molecule has 126 valence electrons. The number of hydrogen-bond acceptors (Lipinski definition) is 2. The van der Waals surface area contributed by atoms with E-state index in [0.717, 1.165) is 5.88 Å². The van der Waals surface area contributed by atoms with Crippen molar-refractivity contribution in [1.29, 1.82) is 0 Å². The van der Waals surface area contributed by atoms with E-state index in [1.54, 1.807) is 0 Å². The van der Waals surface area contributed by atoms with Crippen LogP contribution in [0, 0.1) is 0 Å². The molecule has 0 atom stereocenters. The quantitative estimate of drug-likeness (QED) is 0.421. The first-order valence-electron chi connectivity index (χ1n) is 9.32. The summed E-state index contributed by atoms with van der Waals surface area (Å²) in [5.41, 5.74) is 0. The van der Waals surface area contributed by atoms with Crippen LogP contribution in [0.4, 0.5) is 0 Å². The molecular formula is C19H35NOSn. The molecule has 0 fully saturated rings. The van der Waals surface area contributed by atoms with Crippen molar-refractivity contribution in [3.63, 3.8) is 0 Å². The van der Waals surface area contributed by atoms with Gasteiger partial charge in [0.25, 0.3) is 0 Å². The van der Waals surface area contributed by atoms with Crippen molar-refractivity contribution in [2.45, 2.75) is 79.5 Å². The van der Waals surface area contributed by atoms with E-state index in [-0.39, 0.29) is 0 Å². The topological polar surface area (TPSA) is 22.1 Å². The summed E-state index contributed by atoms with van der Waals surface area (Å²) >= 11 is -2.37. The Morgan fingerprint density at radius 2 is 1.41 bits per heavy atom. The summed E-state index contributed by atoms with van der Waals surface area (Å²) in [6.07, 6.45) is 8.06. The predicted octanol–water partition coefficient (Wildman–Crippen LogP) is 5.54. The average Bonchev–Trinajstić information content (AvgIpc) is 2.55. The fourth-order valence-electron chi connectivity index (χ4n) is 3.24. The first-order valence-corrected chi connectivity index (χ1v) is 16.8. The summed E-state index contributed by atoms with van der Waals surface area (Å²) in [5.74, 6) is 0.838. The number of unbranched alkanes of at least 4 members (excludes halogenated alkanes) is 3. The SMILES string of the molecule is CCC[CH2][Sn]([CH2]CCC)([CH2]CCC)[c]1cccc(OCC)n1. The summed E-state index contributed by atoms with van der Waals surface area (Å²) in [7, 11) is 0. The van der Waals surface area contributed by atoms with E-state index in [1.807, 2.05) is 13.0 Å². The third-order valence-electron chi connectivity index (χ3n) is 4.59. The Morgan fingerprint density at radius 3 is 1.86 bits per heavy atom. The molecule has 0 aliphatic heterocycles. The summed E-state index contributed by atoms with van der Waals surface area (Å²) < 4.78 is 11.5. The molecule has 0 saturated carbocycles. The first-order chi connectivity index (χ1) is 10.7. The van der Waals surface area contributed by atoms with Gasteiger partial charge < -0.3 is 0 Å². The maximum absolute atomic E-state index is 5.68. The summed E-state index contributed by atoms with van der Waals surface area (Å²) in [6, 6.07) is 6.51. The molecular weight excluding hydrogens is 377 g/mol. The summed E-state index contributed by atoms with van der Waals surface area (Å²) in [6.45, 7) is 9.70. The van der Waals surface area contributed by atoms with Gasteiger partial charge >= 0.3 is 142 Å². The number of ether oxygens (including phenoxy) is 1. The van der Waals surface area contributed by atoms with Crippen LogP contribution < -0.4 is 8.45 Å². The van der Waals surface area contributed by atoms with Crippen molar-refractivity contribution in [2.24, 2.45) is 0 Å². The molecule has 0 saturated heterocycles. The van der Waals surface area contributed by atoms with Gasteiger partial charge in [0.15, 0.2) is 0 Å². The zero-order chi connectivity index (χ0) is 16.3. The van der Waals surface area contributed by atoms with E-state index >= 15 is 0 Å². The van der Waals surface area contributed by atoms with Crippen LogP contribution in [0.5, 0.6) is 5.88 Å². The van der Waals surface area contributed by atoms with Gasteiger partial charge in [-0.1, -0.05) is 0 Å². The molecule has 1 heterocycles. The van der Waals surface area contributed by atoms with Gasteiger partial charge in [0.2, 0.25) is 0 Å². The Hall–Kier alpha value is -0.251. The van der Waals surface area contributed by atoms with Crippen molar-refractivity contribution in [3.05, 3.63) is 18.2 Å². The monoisotopic (exact) mass is 413 g/mol. The van der Waals surface area contributed by atoms with Crippen molar-refractivity contribution in [2.75, 3.05) is 6.61 Å². The Kier molecular flexibility index (Phi) is 10.2. The Balaban J connectivity index is 3.09. The zero-order valence-electron chi connectivity index (χ0n) is 15.2. The van der Waals surface area contributed by atoms with Crippen LogP contribution >= 0.6 is 0 Å². The van der Waals surface area contributed by atoms with Crippen molar-refractivity contribution >= 4 is 22.1 Å². The number of pyridine rings is 1. The second-order valence-corrected chi connectivity index (χ2v) is 19.4. The molecule has 1 aromatic heterocycles. The standard InChI is InChI=1S/C7H8NO.3C4H9.Sn/c1-2-9-7-5-3-4-6-8-7;3*1-3-4-2;/h3-5H,2H2,1H3;3*1,3-4H2,2H3;. The van der Waals surface area contributed by atoms with Gasteiger partial charge in [0.1, 0.15) is 0 Å². The number of rotatable bonds is 12. The maximum atomic E-state index is 5.68. The summed E-state index contributed by atoms with van der Waals surface area (Å²) in [4.78, 5) is 4.96. The molecule has 3 heteroatoms. The molecule has 0 bridgehead atoms. The van der Waals surface area contributed by atoms with Crippen LogP contribution in [0.15, 0.2) is 18.2 Å². The molecule has 0 radical (unpaired) electrons. The molecule has 0 amide bonds. The molecule has 0 aromatic carbocycles. The molecule has 0 unspecified atom stereocenters. The van der Waals surface area contributed by atoms with Crippen molar-refractivity contribution < 1.29 is 4.74 Å². The van der Waals surface area contributed by atoms with E-state index in [0.29, 0.717) is 6.61 Å². The van der Waals surface area contributed by atoms with Crippen LogP contribution in [0.3, 0.4) is 0 Å². The number of aromatic nitrogens is 1. The average molecular weight is 412 g/mol. The van der Waals surface area contributed by atoms with Crippen molar-refractivity contribution in [1.82, 2.24) is 4.98 Å². The third-order valence-corrected chi connectivity index (χ3v) is 19.7. The minimum atomic E-state index is -2.37. The van der Waals surface area contributed by atoms with Gasteiger partial charge in [-0.25, -0.2) is 0 Å². The molecule has 1 rings (SSSR count). The van der Waals surface area contributed by atoms with Crippen LogP contribution in [0.1, 0.15) is 66.2 Å². The second kappa shape index (κ2) is 11.3. The Morgan fingerprint density at radius 1 is 0.864 bits per heavy atom. The van der Waals surface area contributed by atoms with E-state index in [2.05, 4.69) is 32.9 Å². The van der Waals surface area contributed by atoms with E-state index in [4.69, 9.17) is 9.72 Å². The third kappa shape index (κ3) is 6.09. The van der Waals surface area contributed by atoms with Crippen molar-refractivity contribution in [3.8, 4) is 5.88 Å². The molecule has 0 spiro atoms. The van der Waals surface area contributed by atoms with Crippen LogP contribution in [-0.2, 0) is 0 Å². The van der Waals surface area contributed by atoms with E-state index in [9.17, 15) is 0 Å². The molecule has 2 nitrogen and oxygen atoms in total. The molecule has 0 aliphatic rings. The van der Waals surface area contributed by atoms with Gasteiger partial charge in [-0.05, 0) is 0 Å². The fraction of sp³-hybridized carbons (Fsp3) is 0.737. The van der Waals surface area contributed by atoms with Gasteiger partial charge in [-0.15, -0.1) is 0 Å². The first kappa shape index (κ1) is 19.8. The van der Waals surface area contributed by atoms with Crippen LogP contribution in [0.2, 0.25) is 13.3 Å². The predicted molar refractivity (Wildman–Crippen MR) is 99.9 cm³/mol. The molecule has 0 aliphatic carbocycles. The number of hydrogen-bond donors (Lipinski definition) is 0. The number of nitrogens with zero attached hydrogens (tertiary/aromatic N) is 1. The second-order valence-electron chi connectivity index (χ2n) is 6.39. The Labute approximate surface area is 141 Å². The van der Waals surface area contributed by atoms with Gasteiger partial charge in [-0.2, -0.15) is 0 Å². The minimum absolute atomic E-state index is 0.706. The van der Waals surface area contributed by atoms with E-state index in [1.165, 1.54) is 55.5 Å². The molecule has 22 heavy (non-hydrogen) atoms. The normalized spacial score (nSPS) is 11.6. The summed E-state index contributed by atoms with van der Waals surface area (Å²) in [5, 5.41) is 0. The van der Waals surface area contributed by atoms with Gasteiger partial charge in [0.05, 0.1) is 0 Å².